The van der Waals surface area contributed by atoms with Crippen LogP contribution in [0.1, 0.15) is 15.9 Å². The minimum Gasteiger partial charge on any atom is -0.289 e. The Morgan fingerprint density at radius 3 is 2.80 bits per heavy atom. The van der Waals surface area contributed by atoms with Crippen LogP contribution in [0.5, 0.6) is 0 Å². The number of halogens is 2. The number of rotatable bonds is 2. The van der Waals surface area contributed by atoms with E-state index in [2.05, 4.69) is 20.9 Å². The van der Waals surface area contributed by atoms with E-state index in [1.54, 1.807) is 36.7 Å². The zero-order valence-electron chi connectivity index (χ0n) is 10.3. The number of benzene rings is 2. The number of aromatic nitrogens is 1. The molecule has 0 spiro atoms. The lowest BCUT2D eigenvalue weighted by molar-refractivity contribution is 0.104. The molecule has 2 aromatic carbocycles. The average molecular weight is 330 g/mol. The van der Waals surface area contributed by atoms with Gasteiger partial charge in [-0.25, -0.2) is 4.39 Å². The third-order valence-electron chi connectivity index (χ3n) is 3.11. The van der Waals surface area contributed by atoms with Crippen molar-refractivity contribution in [3.05, 3.63) is 76.3 Å². The van der Waals surface area contributed by atoms with Gasteiger partial charge in [0.05, 0.1) is 4.47 Å². The molecule has 3 rings (SSSR count). The molecule has 0 saturated carbocycles. The maximum atomic E-state index is 13.6. The molecule has 0 aliphatic heterocycles. The van der Waals surface area contributed by atoms with Gasteiger partial charge in [-0.2, -0.15) is 0 Å². The molecule has 20 heavy (non-hydrogen) atoms. The third-order valence-corrected chi connectivity index (χ3v) is 3.75. The number of fused-ring (bicyclic) bond motifs is 1. The van der Waals surface area contributed by atoms with Gasteiger partial charge in [-0.05, 0) is 45.6 Å². The van der Waals surface area contributed by atoms with Crippen LogP contribution in [0.4, 0.5) is 4.39 Å². The summed E-state index contributed by atoms with van der Waals surface area (Å²) in [5.41, 5.74) is 0.877. The molecule has 0 aliphatic carbocycles. The van der Waals surface area contributed by atoms with E-state index in [0.29, 0.717) is 15.6 Å². The highest BCUT2D eigenvalue weighted by atomic mass is 79.9. The fraction of sp³-hybridized carbons (Fsp3) is 0. The molecule has 3 aromatic rings. The van der Waals surface area contributed by atoms with E-state index in [4.69, 9.17) is 0 Å². The van der Waals surface area contributed by atoms with E-state index in [1.807, 2.05) is 6.07 Å². The number of carbonyl (C=O) groups excluding carboxylic acids is 1. The average Bonchev–Trinajstić information content (AvgIpc) is 2.49. The summed E-state index contributed by atoms with van der Waals surface area (Å²) in [6.07, 6.45) is 3.34. The van der Waals surface area contributed by atoms with E-state index >= 15 is 0 Å². The molecule has 0 atom stereocenters. The topological polar surface area (TPSA) is 30.0 Å². The smallest absolute Gasteiger partial charge is 0.193 e. The minimum absolute atomic E-state index is 0.201. The zero-order chi connectivity index (χ0) is 14.1. The molecule has 0 saturated heterocycles. The van der Waals surface area contributed by atoms with Crippen molar-refractivity contribution in [2.45, 2.75) is 0 Å². The molecular formula is C16H9BrFNO. The summed E-state index contributed by atoms with van der Waals surface area (Å²) in [5.74, 6) is -0.647. The van der Waals surface area contributed by atoms with Gasteiger partial charge >= 0.3 is 0 Å². The number of nitrogens with zero attached hydrogens (tertiary/aromatic N) is 1. The van der Waals surface area contributed by atoms with Gasteiger partial charge in [0.25, 0.3) is 0 Å². The van der Waals surface area contributed by atoms with Gasteiger partial charge < -0.3 is 0 Å². The Kier molecular flexibility index (Phi) is 3.32. The molecule has 2 nitrogen and oxygen atoms in total. The molecule has 0 bridgehead atoms. The van der Waals surface area contributed by atoms with Crippen LogP contribution in [0.15, 0.2) is 59.3 Å². The molecule has 0 aliphatic rings. The lowest BCUT2D eigenvalue weighted by atomic mass is 9.98. The highest BCUT2D eigenvalue weighted by Crippen LogP contribution is 2.23. The van der Waals surface area contributed by atoms with Gasteiger partial charge in [0.15, 0.2) is 5.78 Å². The Bertz CT molecular complexity index is 811. The number of carbonyl (C=O) groups is 1. The van der Waals surface area contributed by atoms with Crippen molar-refractivity contribution < 1.29 is 9.18 Å². The van der Waals surface area contributed by atoms with Crippen molar-refractivity contribution in [1.29, 1.82) is 0 Å². The molecule has 0 fully saturated rings. The maximum absolute atomic E-state index is 13.6. The van der Waals surface area contributed by atoms with Gasteiger partial charge in [0.1, 0.15) is 5.82 Å². The van der Waals surface area contributed by atoms with Gasteiger partial charge in [-0.3, -0.25) is 9.78 Å². The van der Waals surface area contributed by atoms with Crippen molar-refractivity contribution in [1.82, 2.24) is 4.98 Å². The molecule has 0 amide bonds. The monoisotopic (exact) mass is 329 g/mol. The first-order valence-electron chi connectivity index (χ1n) is 5.99. The maximum Gasteiger partial charge on any atom is 0.193 e. The fourth-order valence-electron chi connectivity index (χ4n) is 2.11. The summed E-state index contributed by atoms with van der Waals surface area (Å²) >= 11 is 3.08. The van der Waals surface area contributed by atoms with Crippen molar-refractivity contribution in [2.75, 3.05) is 0 Å². The van der Waals surface area contributed by atoms with E-state index in [1.165, 1.54) is 12.1 Å². The lowest BCUT2D eigenvalue weighted by Gasteiger charge is -2.06. The molecule has 0 radical (unpaired) electrons. The van der Waals surface area contributed by atoms with Crippen LogP contribution in [0.25, 0.3) is 10.8 Å². The van der Waals surface area contributed by atoms with Crippen LogP contribution in [0.2, 0.25) is 0 Å². The van der Waals surface area contributed by atoms with Crippen molar-refractivity contribution >= 4 is 32.5 Å². The Labute approximate surface area is 123 Å². The summed E-state index contributed by atoms with van der Waals surface area (Å²) in [6, 6.07) is 11.6. The highest BCUT2D eigenvalue weighted by Gasteiger charge is 2.13. The molecule has 1 aromatic heterocycles. The number of pyridine rings is 1. The molecule has 4 heteroatoms. The van der Waals surface area contributed by atoms with E-state index in [-0.39, 0.29) is 5.78 Å². The summed E-state index contributed by atoms with van der Waals surface area (Å²) in [4.78, 5) is 16.6. The Balaban J connectivity index is 2.15. The Hall–Kier alpha value is -2.07. The Morgan fingerprint density at radius 2 is 2.00 bits per heavy atom. The van der Waals surface area contributed by atoms with Gasteiger partial charge in [-0.1, -0.05) is 18.2 Å². The van der Waals surface area contributed by atoms with Crippen LogP contribution in [-0.2, 0) is 0 Å². The Morgan fingerprint density at radius 1 is 1.15 bits per heavy atom. The molecule has 1 heterocycles. The molecule has 98 valence electrons. The van der Waals surface area contributed by atoms with Crippen LogP contribution < -0.4 is 0 Å². The quantitative estimate of drug-likeness (QED) is 0.653. The number of hydrogen-bond donors (Lipinski definition) is 0. The van der Waals surface area contributed by atoms with E-state index in [0.717, 1.165) is 10.8 Å². The fourth-order valence-corrected chi connectivity index (χ4v) is 2.36. The normalized spacial score (nSPS) is 10.7. The van der Waals surface area contributed by atoms with Crippen molar-refractivity contribution in [3.8, 4) is 0 Å². The van der Waals surface area contributed by atoms with Gasteiger partial charge in [0, 0.05) is 28.9 Å². The first kappa shape index (κ1) is 12.9. The minimum atomic E-state index is -0.447. The van der Waals surface area contributed by atoms with Crippen LogP contribution >= 0.6 is 15.9 Å². The third kappa shape index (κ3) is 2.23. The van der Waals surface area contributed by atoms with Crippen LogP contribution in [-0.4, -0.2) is 10.8 Å². The molecular weight excluding hydrogens is 321 g/mol. The first-order valence-corrected chi connectivity index (χ1v) is 6.78. The second kappa shape index (κ2) is 5.13. The van der Waals surface area contributed by atoms with Crippen molar-refractivity contribution in [2.24, 2.45) is 0 Å². The van der Waals surface area contributed by atoms with Crippen LogP contribution in [0.3, 0.4) is 0 Å². The highest BCUT2D eigenvalue weighted by molar-refractivity contribution is 9.10. The van der Waals surface area contributed by atoms with Gasteiger partial charge in [0.2, 0.25) is 0 Å². The summed E-state index contributed by atoms with van der Waals surface area (Å²) in [6.45, 7) is 0. The van der Waals surface area contributed by atoms with E-state index in [9.17, 15) is 9.18 Å². The molecule has 0 unspecified atom stereocenters. The predicted octanol–water partition coefficient (Wildman–Crippen LogP) is 4.37. The van der Waals surface area contributed by atoms with E-state index < -0.39 is 5.82 Å². The van der Waals surface area contributed by atoms with Gasteiger partial charge in [-0.15, -0.1) is 0 Å². The first-order chi connectivity index (χ1) is 9.66. The SMILES string of the molecule is O=C(c1ccc(Br)c(F)c1)c1cccc2cnccc12. The summed E-state index contributed by atoms with van der Waals surface area (Å²) in [7, 11) is 0. The summed E-state index contributed by atoms with van der Waals surface area (Å²) < 4.78 is 13.9. The van der Waals surface area contributed by atoms with Crippen molar-refractivity contribution in [3.63, 3.8) is 0 Å². The predicted molar refractivity (Wildman–Crippen MR) is 79.3 cm³/mol. The molecule has 0 N–H and O–H groups in total. The number of hydrogen-bond acceptors (Lipinski definition) is 2. The van der Waals surface area contributed by atoms with Crippen LogP contribution in [0, 0.1) is 5.82 Å². The lowest BCUT2D eigenvalue weighted by Crippen LogP contribution is -2.03. The summed E-state index contributed by atoms with van der Waals surface area (Å²) in [5, 5.41) is 1.70. The largest absolute Gasteiger partial charge is 0.289 e. The second-order valence-corrected chi connectivity index (χ2v) is 5.21. The number of ketones is 1. The standard InChI is InChI=1S/C16H9BrFNO/c17-14-5-4-10(8-15(14)18)16(20)13-3-1-2-11-9-19-7-6-12(11)13/h1-9H. The second-order valence-electron chi connectivity index (χ2n) is 4.36. The zero-order valence-corrected chi connectivity index (χ0v) is 11.9.